The predicted molar refractivity (Wildman–Crippen MR) is 61.2 cm³/mol. The monoisotopic (exact) mass is 294 g/mol. The van der Waals surface area contributed by atoms with Crippen molar-refractivity contribution in [1.29, 1.82) is 0 Å². The van der Waals surface area contributed by atoms with Crippen molar-refractivity contribution in [2.45, 2.75) is 4.90 Å². The number of halogens is 1. The Balaban J connectivity index is 3.30. The summed E-state index contributed by atoms with van der Waals surface area (Å²) in [4.78, 5) is 20.3. The predicted octanol–water partition coefficient (Wildman–Crippen LogP) is 1.24. The van der Waals surface area contributed by atoms with Crippen LogP contribution in [0.3, 0.4) is 0 Å². The smallest absolute Gasteiger partial charge is 0.403 e. The Hall–Kier alpha value is -1.87. The zero-order valence-corrected chi connectivity index (χ0v) is 10.5. The average Bonchev–Trinajstić information content (AvgIpc) is 2.27. The van der Waals surface area contributed by atoms with E-state index in [1.807, 2.05) is 0 Å². The first-order valence-electron chi connectivity index (χ1n) is 4.38. The van der Waals surface area contributed by atoms with E-state index >= 15 is 0 Å². The molecule has 0 fully saturated rings. The molecular weight excluding hydrogens is 288 g/mol. The summed E-state index contributed by atoms with van der Waals surface area (Å²) in [5.41, 5.74) is -0.680. The molecule has 18 heavy (non-hydrogen) atoms. The molecule has 1 aromatic rings. The van der Waals surface area contributed by atoms with Crippen LogP contribution < -0.4 is 10.1 Å². The maximum Gasteiger partial charge on any atom is 0.412 e. The summed E-state index contributed by atoms with van der Waals surface area (Å²) in [5, 5.41) is 12.8. The third kappa shape index (κ3) is 3.31. The molecule has 0 bridgehead atoms. The van der Waals surface area contributed by atoms with Gasteiger partial charge in [-0.2, -0.15) is 0 Å². The second kappa shape index (κ2) is 5.19. The molecular formula is C8H7ClN2O6S. The van der Waals surface area contributed by atoms with Crippen molar-refractivity contribution < 1.29 is 22.9 Å². The lowest BCUT2D eigenvalue weighted by molar-refractivity contribution is -0.385. The van der Waals surface area contributed by atoms with E-state index < -0.39 is 30.7 Å². The highest BCUT2D eigenvalue weighted by Gasteiger charge is 2.22. The quantitative estimate of drug-likeness (QED) is 0.509. The van der Waals surface area contributed by atoms with Crippen molar-refractivity contribution in [3.8, 4) is 5.75 Å². The van der Waals surface area contributed by atoms with Gasteiger partial charge in [0.2, 0.25) is 5.75 Å². The van der Waals surface area contributed by atoms with Gasteiger partial charge in [-0.15, -0.1) is 0 Å². The van der Waals surface area contributed by atoms with Gasteiger partial charge < -0.3 is 10.1 Å². The molecule has 8 nitrogen and oxygen atoms in total. The SMILES string of the molecule is CNC(=O)Oc1ccc(S(=O)(=O)Cl)cc1[N+](=O)[O-]. The first-order chi connectivity index (χ1) is 8.25. The van der Waals surface area contributed by atoms with Crippen LogP contribution in [-0.2, 0) is 9.05 Å². The summed E-state index contributed by atoms with van der Waals surface area (Å²) in [7, 11) is 2.22. The molecule has 0 radical (unpaired) electrons. The van der Waals surface area contributed by atoms with E-state index in [9.17, 15) is 23.3 Å². The first-order valence-corrected chi connectivity index (χ1v) is 6.69. The topological polar surface area (TPSA) is 116 Å². The molecule has 98 valence electrons. The molecule has 0 heterocycles. The number of hydrogen-bond donors (Lipinski definition) is 1. The fraction of sp³-hybridized carbons (Fsp3) is 0.125. The van der Waals surface area contributed by atoms with Crippen LogP contribution in [0.5, 0.6) is 5.75 Å². The lowest BCUT2D eigenvalue weighted by Gasteiger charge is -2.04. The van der Waals surface area contributed by atoms with Crippen molar-refractivity contribution in [1.82, 2.24) is 5.32 Å². The van der Waals surface area contributed by atoms with Gasteiger partial charge in [0.1, 0.15) is 0 Å². The van der Waals surface area contributed by atoms with Crippen LogP contribution in [0, 0.1) is 10.1 Å². The molecule has 0 saturated heterocycles. The number of nitro groups is 1. The van der Waals surface area contributed by atoms with Crippen LogP contribution >= 0.6 is 10.7 Å². The number of hydrogen-bond acceptors (Lipinski definition) is 6. The van der Waals surface area contributed by atoms with Gasteiger partial charge in [-0.25, -0.2) is 13.2 Å². The van der Waals surface area contributed by atoms with Crippen molar-refractivity contribution >= 4 is 31.5 Å². The van der Waals surface area contributed by atoms with Gasteiger partial charge in [0, 0.05) is 23.8 Å². The highest BCUT2D eigenvalue weighted by Crippen LogP contribution is 2.30. The van der Waals surface area contributed by atoms with Crippen molar-refractivity contribution in [2.75, 3.05) is 7.05 Å². The van der Waals surface area contributed by atoms with Gasteiger partial charge in [-0.3, -0.25) is 10.1 Å². The highest BCUT2D eigenvalue weighted by atomic mass is 35.7. The highest BCUT2D eigenvalue weighted by molar-refractivity contribution is 8.13. The first kappa shape index (κ1) is 14.2. The number of nitrogens with one attached hydrogen (secondary N) is 1. The molecule has 0 saturated carbocycles. The molecule has 0 unspecified atom stereocenters. The Morgan fingerprint density at radius 1 is 1.50 bits per heavy atom. The fourth-order valence-electron chi connectivity index (χ4n) is 1.03. The molecule has 0 spiro atoms. The van der Waals surface area contributed by atoms with Gasteiger partial charge in [-0.1, -0.05) is 0 Å². The van der Waals surface area contributed by atoms with Crippen molar-refractivity contribution in [2.24, 2.45) is 0 Å². The van der Waals surface area contributed by atoms with Crippen LogP contribution in [0.25, 0.3) is 0 Å². The third-order valence-corrected chi connectivity index (χ3v) is 3.17. The Kier molecular flexibility index (Phi) is 4.09. The normalized spacial score (nSPS) is 10.8. The second-order valence-corrected chi connectivity index (χ2v) is 5.53. The number of amides is 1. The maximum absolute atomic E-state index is 11.0. The number of benzene rings is 1. The zero-order valence-electron chi connectivity index (χ0n) is 8.91. The van der Waals surface area contributed by atoms with E-state index in [-0.39, 0.29) is 5.75 Å². The third-order valence-electron chi connectivity index (χ3n) is 1.82. The zero-order chi connectivity index (χ0) is 13.9. The molecule has 0 aliphatic heterocycles. The van der Waals surface area contributed by atoms with Crippen LogP contribution in [0.1, 0.15) is 0 Å². The molecule has 0 aliphatic rings. The lowest BCUT2D eigenvalue weighted by Crippen LogP contribution is -2.22. The Labute approximate surface area is 106 Å². The molecule has 10 heteroatoms. The minimum atomic E-state index is -4.10. The van der Waals surface area contributed by atoms with Gasteiger partial charge in [0.05, 0.1) is 9.82 Å². The van der Waals surface area contributed by atoms with Crippen LogP contribution in [0.15, 0.2) is 23.1 Å². The van der Waals surface area contributed by atoms with E-state index in [1.54, 1.807) is 0 Å². The van der Waals surface area contributed by atoms with E-state index in [4.69, 9.17) is 10.7 Å². The van der Waals surface area contributed by atoms with Crippen molar-refractivity contribution in [3.63, 3.8) is 0 Å². The summed E-state index contributed by atoms with van der Waals surface area (Å²) in [5.74, 6) is -0.386. The summed E-state index contributed by atoms with van der Waals surface area (Å²) < 4.78 is 26.6. The lowest BCUT2D eigenvalue weighted by atomic mass is 10.3. The van der Waals surface area contributed by atoms with Crippen LogP contribution in [0.2, 0.25) is 0 Å². The van der Waals surface area contributed by atoms with Crippen LogP contribution in [-0.4, -0.2) is 26.5 Å². The largest absolute Gasteiger partial charge is 0.412 e. The molecule has 0 atom stereocenters. The fourth-order valence-corrected chi connectivity index (χ4v) is 1.80. The number of ether oxygens (including phenoxy) is 1. The Morgan fingerprint density at radius 3 is 2.56 bits per heavy atom. The number of rotatable bonds is 3. The van der Waals surface area contributed by atoms with Gasteiger partial charge >= 0.3 is 11.8 Å². The van der Waals surface area contributed by atoms with E-state index in [2.05, 4.69) is 10.1 Å². The van der Waals surface area contributed by atoms with Gasteiger partial charge in [-0.05, 0) is 12.1 Å². The Bertz CT molecular complexity index is 600. The minimum absolute atomic E-state index is 0.386. The standard InChI is InChI=1S/C8H7ClN2O6S/c1-10-8(12)17-7-3-2-5(18(9,15)16)4-6(7)11(13)14/h2-4H,1H3,(H,10,12). The van der Waals surface area contributed by atoms with Crippen LogP contribution in [0.4, 0.5) is 10.5 Å². The number of nitro benzene ring substituents is 1. The summed E-state index contributed by atoms with van der Waals surface area (Å²) in [6, 6.07) is 2.68. The number of nitrogens with zero attached hydrogens (tertiary/aromatic N) is 1. The molecule has 1 aromatic carbocycles. The molecule has 1 amide bonds. The van der Waals surface area contributed by atoms with E-state index in [0.29, 0.717) is 6.07 Å². The van der Waals surface area contributed by atoms with Gasteiger partial charge in [0.15, 0.2) is 0 Å². The molecule has 1 N–H and O–H groups in total. The number of carbonyl (C=O) groups is 1. The van der Waals surface area contributed by atoms with E-state index in [1.165, 1.54) is 7.05 Å². The number of carbonyl (C=O) groups excluding carboxylic acids is 1. The maximum atomic E-state index is 11.0. The Morgan fingerprint density at radius 2 is 2.11 bits per heavy atom. The minimum Gasteiger partial charge on any atom is -0.403 e. The molecule has 0 aliphatic carbocycles. The average molecular weight is 295 g/mol. The second-order valence-electron chi connectivity index (χ2n) is 2.96. The summed E-state index contributed by atoms with van der Waals surface area (Å²) >= 11 is 0. The van der Waals surface area contributed by atoms with E-state index in [0.717, 1.165) is 12.1 Å². The molecule has 1 rings (SSSR count). The summed E-state index contributed by atoms with van der Waals surface area (Å²) in [6.45, 7) is 0. The molecule has 0 aromatic heterocycles. The van der Waals surface area contributed by atoms with Gasteiger partial charge in [0.25, 0.3) is 9.05 Å². The van der Waals surface area contributed by atoms with Crippen molar-refractivity contribution in [3.05, 3.63) is 28.3 Å². The summed E-state index contributed by atoms with van der Waals surface area (Å²) in [6.07, 6.45) is -0.917.